The first-order valence-corrected chi connectivity index (χ1v) is 4.85. The molecule has 0 saturated carbocycles. The van der Waals surface area contributed by atoms with Crippen molar-refractivity contribution in [2.75, 3.05) is 0 Å². The van der Waals surface area contributed by atoms with Crippen LogP contribution in [0.25, 0.3) is 10.9 Å². The predicted molar refractivity (Wildman–Crippen MR) is 59.3 cm³/mol. The Labute approximate surface area is 91.5 Å². The molecule has 2 aromatic rings. The molecule has 16 heavy (non-hydrogen) atoms. The Bertz CT molecular complexity index is 533. The third-order valence-corrected chi connectivity index (χ3v) is 2.51. The monoisotopic (exact) mass is 220 g/mol. The van der Waals surface area contributed by atoms with Crippen LogP contribution in [0.2, 0.25) is 0 Å². The number of benzene rings is 1. The van der Waals surface area contributed by atoms with Crippen LogP contribution in [0.1, 0.15) is 5.56 Å². The highest BCUT2D eigenvalue weighted by Gasteiger charge is 2.14. The van der Waals surface area contributed by atoms with Crippen LogP contribution in [0.15, 0.2) is 24.4 Å². The van der Waals surface area contributed by atoms with Gasteiger partial charge >= 0.3 is 5.97 Å². The van der Waals surface area contributed by atoms with Gasteiger partial charge in [0.2, 0.25) is 0 Å². The van der Waals surface area contributed by atoms with Crippen molar-refractivity contribution in [3.8, 4) is 5.75 Å². The van der Waals surface area contributed by atoms with Crippen molar-refractivity contribution >= 4 is 16.9 Å². The zero-order chi connectivity index (χ0) is 11.7. The molecule has 0 aliphatic carbocycles. The van der Waals surface area contributed by atoms with Crippen LogP contribution >= 0.6 is 0 Å². The van der Waals surface area contributed by atoms with Crippen LogP contribution in [0.5, 0.6) is 5.75 Å². The van der Waals surface area contributed by atoms with Gasteiger partial charge in [0.05, 0.1) is 0 Å². The third kappa shape index (κ3) is 1.85. The largest absolute Gasteiger partial charge is 0.508 e. The number of nitrogens with one attached hydrogen (secondary N) is 1. The number of carbonyl (C=O) groups is 1. The van der Waals surface area contributed by atoms with E-state index in [9.17, 15) is 9.90 Å². The van der Waals surface area contributed by atoms with Crippen LogP contribution in [-0.2, 0) is 11.2 Å². The lowest BCUT2D eigenvalue weighted by Crippen LogP contribution is -2.32. The van der Waals surface area contributed by atoms with E-state index in [2.05, 4.69) is 4.98 Å². The average Bonchev–Trinajstić information content (AvgIpc) is 2.60. The molecule has 1 aromatic carbocycles. The van der Waals surface area contributed by atoms with Gasteiger partial charge in [-0.1, -0.05) is 0 Å². The van der Waals surface area contributed by atoms with E-state index in [-0.39, 0.29) is 12.2 Å². The molecule has 0 saturated heterocycles. The second-order valence-electron chi connectivity index (χ2n) is 3.69. The van der Waals surface area contributed by atoms with Crippen LogP contribution in [0, 0.1) is 0 Å². The fourth-order valence-corrected chi connectivity index (χ4v) is 1.67. The molecule has 0 radical (unpaired) electrons. The molecule has 0 unspecified atom stereocenters. The normalized spacial score (nSPS) is 12.8. The summed E-state index contributed by atoms with van der Waals surface area (Å²) in [5, 5.41) is 18.9. The van der Waals surface area contributed by atoms with Gasteiger partial charge in [-0.25, -0.2) is 0 Å². The number of hydrogen-bond acceptors (Lipinski definition) is 3. The van der Waals surface area contributed by atoms with Crippen molar-refractivity contribution in [2.45, 2.75) is 12.5 Å². The van der Waals surface area contributed by atoms with Gasteiger partial charge < -0.3 is 20.9 Å². The molecule has 1 heterocycles. The van der Waals surface area contributed by atoms with Crippen molar-refractivity contribution in [3.63, 3.8) is 0 Å². The van der Waals surface area contributed by atoms with Gasteiger partial charge in [0, 0.05) is 29.6 Å². The molecule has 1 aromatic heterocycles. The standard InChI is InChI=1S/C11H12N2O3/c12-9(11(15)16)3-6-5-13-10-4-7(14)1-2-8(6)10/h1-2,4-5,9,13-14H,3,12H2,(H,15,16)/t9-/m0/s1. The number of carboxylic acids is 1. The Morgan fingerprint density at radius 2 is 2.25 bits per heavy atom. The number of hydrogen-bond donors (Lipinski definition) is 4. The highest BCUT2D eigenvalue weighted by atomic mass is 16.4. The fourth-order valence-electron chi connectivity index (χ4n) is 1.67. The van der Waals surface area contributed by atoms with Gasteiger partial charge in [0.15, 0.2) is 0 Å². The van der Waals surface area contributed by atoms with Crippen molar-refractivity contribution < 1.29 is 15.0 Å². The molecular formula is C11H12N2O3. The Hall–Kier alpha value is -2.01. The Balaban J connectivity index is 2.35. The molecule has 0 fully saturated rings. The zero-order valence-electron chi connectivity index (χ0n) is 8.47. The molecule has 0 amide bonds. The summed E-state index contributed by atoms with van der Waals surface area (Å²) in [6.07, 6.45) is 1.98. The first-order chi connectivity index (χ1) is 7.58. The fraction of sp³-hybridized carbons (Fsp3) is 0.182. The van der Waals surface area contributed by atoms with E-state index >= 15 is 0 Å². The summed E-state index contributed by atoms with van der Waals surface area (Å²) >= 11 is 0. The highest BCUT2D eigenvalue weighted by Crippen LogP contribution is 2.23. The lowest BCUT2D eigenvalue weighted by Gasteiger charge is -2.04. The molecule has 5 nitrogen and oxygen atoms in total. The zero-order valence-corrected chi connectivity index (χ0v) is 8.47. The average molecular weight is 220 g/mol. The molecule has 1 atom stereocenters. The summed E-state index contributed by atoms with van der Waals surface area (Å²) in [5.74, 6) is -0.850. The molecular weight excluding hydrogens is 208 g/mol. The van der Waals surface area contributed by atoms with Crippen LogP contribution in [0.3, 0.4) is 0 Å². The van der Waals surface area contributed by atoms with Crippen LogP contribution in [-0.4, -0.2) is 27.2 Å². The number of nitrogens with two attached hydrogens (primary N) is 1. The maximum atomic E-state index is 10.6. The molecule has 5 N–H and O–H groups in total. The van der Waals surface area contributed by atoms with E-state index in [1.54, 1.807) is 24.4 Å². The minimum absolute atomic E-state index is 0.170. The number of aliphatic carboxylic acids is 1. The van der Waals surface area contributed by atoms with Gasteiger partial charge in [-0.05, 0) is 17.7 Å². The topological polar surface area (TPSA) is 99.3 Å². The first-order valence-electron chi connectivity index (χ1n) is 4.85. The number of rotatable bonds is 3. The summed E-state index contributed by atoms with van der Waals surface area (Å²) in [7, 11) is 0. The quantitative estimate of drug-likeness (QED) is 0.615. The molecule has 0 aliphatic heterocycles. The number of aromatic amines is 1. The van der Waals surface area contributed by atoms with Crippen molar-refractivity contribution in [2.24, 2.45) is 5.73 Å². The maximum Gasteiger partial charge on any atom is 0.320 e. The minimum atomic E-state index is -1.02. The maximum absolute atomic E-state index is 10.6. The minimum Gasteiger partial charge on any atom is -0.508 e. The van der Waals surface area contributed by atoms with E-state index in [1.807, 2.05) is 0 Å². The molecule has 5 heteroatoms. The number of carboxylic acid groups (broad SMARTS) is 1. The van der Waals surface area contributed by atoms with E-state index < -0.39 is 12.0 Å². The molecule has 0 bridgehead atoms. The SMILES string of the molecule is N[C@@H](Cc1c[nH]c2cc(O)ccc12)C(=O)O. The summed E-state index contributed by atoms with van der Waals surface area (Å²) in [4.78, 5) is 13.6. The Kier molecular flexibility index (Phi) is 2.54. The number of H-pyrrole nitrogens is 1. The van der Waals surface area contributed by atoms with Gasteiger partial charge in [-0.3, -0.25) is 4.79 Å². The smallest absolute Gasteiger partial charge is 0.320 e. The Morgan fingerprint density at radius 3 is 2.94 bits per heavy atom. The van der Waals surface area contributed by atoms with E-state index in [1.165, 1.54) is 0 Å². The predicted octanol–water partition coefficient (Wildman–Crippen LogP) is 0.828. The summed E-state index contributed by atoms with van der Waals surface area (Å²) in [6, 6.07) is 3.98. The van der Waals surface area contributed by atoms with Crippen molar-refractivity contribution in [3.05, 3.63) is 30.0 Å². The first kappa shape index (κ1) is 10.5. The third-order valence-electron chi connectivity index (χ3n) is 2.51. The van der Waals surface area contributed by atoms with E-state index in [0.29, 0.717) is 0 Å². The number of phenols is 1. The summed E-state index contributed by atoms with van der Waals surface area (Å²) in [5.41, 5.74) is 7.07. The van der Waals surface area contributed by atoms with Gasteiger partial charge in [0.1, 0.15) is 11.8 Å². The lowest BCUT2D eigenvalue weighted by molar-refractivity contribution is -0.138. The van der Waals surface area contributed by atoms with Crippen LogP contribution in [0.4, 0.5) is 0 Å². The number of phenolic OH excluding ortho intramolecular Hbond substituents is 1. The Morgan fingerprint density at radius 1 is 1.50 bits per heavy atom. The second-order valence-corrected chi connectivity index (χ2v) is 3.69. The van der Waals surface area contributed by atoms with Crippen LogP contribution < -0.4 is 5.73 Å². The van der Waals surface area contributed by atoms with Gasteiger partial charge in [-0.2, -0.15) is 0 Å². The number of fused-ring (bicyclic) bond motifs is 1. The van der Waals surface area contributed by atoms with Crippen molar-refractivity contribution in [1.82, 2.24) is 4.98 Å². The highest BCUT2D eigenvalue weighted by molar-refractivity contribution is 5.85. The molecule has 2 rings (SSSR count). The summed E-state index contributed by atoms with van der Waals surface area (Å²) < 4.78 is 0. The number of aromatic hydroxyl groups is 1. The van der Waals surface area contributed by atoms with Gasteiger partial charge in [0.25, 0.3) is 0 Å². The molecule has 0 aliphatic rings. The van der Waals surface area contributed by atoms with Crippen molar-refractivity contribution in [1.29, 1.82) is 0 Å². The molecule has 0 spiro atoms. The number of aromatic nitrogens is 1. The van der Waals surface area contributed by atoms with E-state index in [0.717, 1.165) is 16.5 Å². The molecule has 84 valence electrons. The van der Waals surface area contributed by atoms with Gasteiger partial charge in [-0.15, -0.1) is 0 Å². The summed E-state index contributed by atoms with van der Waals surface area (Å²) in [6.45, 7) is 0. The second kappa shape index (κ2) is 3.86. The lowest BCUT2D eigenvalue weighted by atomic mass is 10.1. The van der Waals surface area contributed by atoms with E-state index in [4.69, 9.17) is 10.8 Å².